The Morgan fingerprint density at radius 3 is 2.52 bits per heavy atom. The molecule has 0 aliphatic heterocycles. The number of amides is 1. The fraction of sp³-hybridized carbons (Fsp3) is 0.304. The quantitative estimate of drug-likeness (QED) is 0.639. The van der Waals surface area contributed by atoms with Gasteiger partial charge in [0.15, 0.2) is 11.5 Å². The SMILES string of the molecule is COc1ccc(OC)c(-c2cc(C(=O)NC(c3ccc(C)cc3)C3CC3)no2)c1. The van der Waals surface area contributed by atoms with Gasteiger partial charge < -0.3 is 19.3 Å². The average molecular weight is 392 g/mol. The van der Waals surface area contributed by atoms with Crippen molar-refractivity contribution in [2.24, 2.45) is 5.92 Å². The summed E-state index contributed by atoms with van der Waals surface area (Å²) in [6.07, 6.45) is 2.23. The van der Waals surface area contributed by atoms with Crippen LogP contribution in [0.5, 0.6) is 11.5 Å². The number of carbonyl (C=O) groups is 1. The minimum Gasteiger partial charge on any atom is -0.497 e. The van der Waals surface area contributed by atoms with Crippen molar-refractivity contribution >= 4 is 5.91 Å². The molecule has 0 spiro atoms. The van der Waals surface area contributed by atoms with Gasteiger partial charge in [-0.2, -0.15) is 0 Å². The van der Waals surface area contributed by atoms with Crippen LogP contribution in [0.15, 0.2) is 53.1 Å². The van der Waals surface area contributed by atoms with Crippen LogP contribution in [0.2, 0.25) is 0 Å². The first-order valence-corrected chi connectivity index (χ1v) is 9.65. The first-order chi connectivity index (χ1) is 14.1. The molecule has 0 bridgehead atoms. The first-order valence-electron chi connectivity index (χ1n) is 9.65. The summed E-state index contributed by atoms with van der Waals surface area (Å²) < 4.78 is 16.1. The number of rotatable bonds is 7. The van der Waals surface area contributed by atoms with Gasteiger partial charge in [0.1, 0.15) is 11.5 Å². The summed E-state index contributed by atoms with van der Waals surface area (Å²) in [7, 11) is 3.17. The normalized spacial score (nSPS) is 14.3. The molecule has 29 heavy (non-hydrogen) atoms. The van der Waals surface area contributed by atoms with Gasteiger partial charge in [-0.3, -0.25) is 4.79 Å². The maximum atomic E-state index is 12.9. The third-order valence-corrected chi connectivity index (χ3v) is 5.23. The van der Waals surface area contributed by atoms with Gasteiger partial charge in [-0.05, 0) is 49.4 Å². The van der Waals surface area contributed by atoms with Gasteiger partial charge in [0.25, 0.3) is 5.91 Å². The molecule has 1 atom stereocenters. The number of hydrogen-bond donors (Lipinski definition) is 1. The van der Waals surface area contributed by atoms with E-state index in [4.69, 9.17) is 14.0 Å². The van der Waals surface area contributed by atoms with E-state index in [-0.39, 0.29) is 17.6 Å². The van der Waals surface area contributed by atoms with Crippen molar-refractivity contribution in [3.05, 3.63) is 65.4 Å². The Balaban J connectivity index is 1.56. The molecule has 1 heterocycles. The Morgan fingerprint density at radius 2 is 1.86 bits per heavy atom. The van der Waals surface area contributed by atoms with Crippen LogP contribution in [0.4, 0.5) is 0 Å². The highest BCUT2D eigenvalue weighted by atomic mass is 16.5. The highest BCUT2D eigenvalue weighted by Crippen LogP contribution is 2.41. The molecule has 1 aliphatic rings. The Bertz CT molecular complexity index is 1010. The molecule has 6 heteroatoms. The second kappa shape index (κ2) is 7.99. The second-order valence-electron chi connectivity index (χ2n) is 7.34. The van der Waals surface area contributed by atoms with Crippen molar-refractivity contribution in [3.63, 3.8) is 0 Å². The van der Waals surface area contributed by atoms with Gasteiger partial charge in [0.05, 0.1) is 25.8 Å². The molecule has 1 amide bonds. The molecule has 6 nitrogen and oxygen atoms in total. The Hall–Kier alpha value is -3.28. The summed E-state index contributed by atoms with van der Waals surface area (Å²) in [5, 5.41) is 7.11. The fourth-order valence-corrected chi connectivity index (χ4v) is 3.41. The fourth-order valence-electron chi connectivity index (χ4n) is 3.41. The van der Waals surface area contributed by atoms with E-state index in [0.29, 0.717) is 28.7 Å². The predicted molar refractivity (Wildman–Crippen MR) is 109 cm³/mol. The molecule has 1 saturated carbocycles. The summed E-state index contributed by atoms with van der Waals surface area (Å²) >= 11 is 0. The second-order valence-corrected chi connectivity index (χ2v) is 7.34. The lowest BCUT2D eigenvalue weighted by Crippen LogP contribution is -2.30. The summed E-state index contributed by atoms with van der Waals surface area (Å²) in [5.74, 6) is 1.94. The van der Waals surface area contributed by atoms with Crippen LogP contribution in [0.25, 0.3) is 11.3 Å². The lowest BCUT2D eigenvalue weighted by Gasteiger charge is -2.18. The molecule has 1 N–H and O–H groups in total. The highest BCUT2D eigenvalue weighted by molar-refractivity contribution is 5.93. The predicted octanol–water partition coefficient (Wildman–Crippen LogP) is 4.55. The van der Waals surface area contributed by atoms with Crippen molar-refractivity contribution in [1.29, 1.82) is 0 Å². The standard InChI is InChI=1S/C23H24N2O4/c1-14-4-6-15(7-5-14)22(16-8-9-16)24-23(26)19-13-21(29-25-19)18-12-17(27-2)10-11-20(18)28-3/h4-7,10-13,16,22H,8-9H2,1-3H3,(H,24,26). The van der Waals surface area contributed by atoms with Crippen LogP contribution in [-0.2, 0) is 0 Å². The number of aromatic nitrogens is 1. The zero-order valence-corrected chi connectivity index (χ0v) is 16.8. The maximum Gasteiger partial charge on any atom is 0.273 e. The lowest BCUT2D eigenvalue weighted by atomic mass is 10.0. The molecule has 150 valence electrons. The lowest BCUT2D eigenvalue weighted by molar-refractivity contribution is 0.0922. The van der Waals surface area contributed by atoms with Gasteiger partial charge in [-0.15, -0.1) is 0 Å². The number of ether oxygens (including phenoxy) is 2. The number of carbonyl (C=O) groups excluding carboxylic acids is 1. The van der Waals surface area contributed by atoms with Crippen LogP contribution in [0.1, 0.15) is 40.5 Å². The number of aryl methyl sites for hydroxylation is 1. The van der Waals surface area contributed by atoms with Gasteiger partial charge in [-0.25, -0.2) is 0 Å². The van der Waals surface area contributed by atoms with E-state index in [0.717, 1.165) is 18.4 Å². The Morgan fingerprint density at radius 1 is 1.10 bits per heavy atom. The first kappa shape index (κ1) is 19.1. The Labute approximate surface area is 169 Å². The van der Waals surface area contributed by atoms with Gasteiger partial charge in [0, 0.05) is 6.07 Å². The highest BCUT2D eigenvalue weighted by Gasteiger charge is 2.34. The molecular formula is C23H24N2O4. The van der Waals surface area contributed by atoms with Crippen LogP contribution >= 0.6 is 0 Å². The third-order valence-electron chi connectivity index (χ3n) is 5.23. The van der Waals surface area contributed by atoms with Crippen molar-refractivity contribution in [1.82, 2.24) is 10.5 Å². The molecular weight excluding hydrogens is 368 g/mol. The number of benzene rings is 2. The zero-order valence-electron chi connectivity index (χ0n) is 16.8. The average Bonchev–Trinajstić information content (AvgIpc) is 3.47. The number of methoxy groups -OCH3 is 2. The maximum absolute atomic E-state index is 12.9. The number of hydrogen-bond acceptors (Lipinski definition) is 5. The van der Waals surface area contributed by atoms with Crippen molar-refractivity contribution < 1.29 is 18.8 Å². The van der Waals surface area contributed by atoms with Crippen molar-refractivity contribution in [2.75, 3.05) is 14.2 Å². The topological polar surface area (TPSA) is 73.6 Å². The number of nitrogens with zero attached hydrogens (tertiary/aromatic N) is 1. The molecule has 1 aliphatic carbocycles. The smallest absolute Gasteiger partial charge is 0.273 e. The summed E-state index contributed by atoms with van der Waals surface area (Å²) in [6, 6.07) is 15.3. The third kappa shape index (κ3) is 4.11. The van der Waals surface area contributed by atoms with Crippen molar-refractivity contribution in [2.45, 2.75) is 25.8 Å². The van der Waals surface area contributed by atoms with Crippen LogP contribution in [0, 0.1) is 12.8 Å². The molecule has 1 fully saturated rings. The minimum atomic E-state index is -0.251. The summed E-state index contributed by atoms with van der Waals surface area (Å²) in [5.41, 5.74) is 3.23. The van der Waals surface area contributed by atoms with E-state index in [1.54, 1.807) is 38.5 Å². The van der Waals surface area contributed by atoms with Crippen LogP contribution in [-0.4, -0.2) is 25.3 Å². The monoisotopic (exact) mass is 392 g/mol. The van der Waals surface area contributed by atoms with E-state index in [2.05, 4.69) is 41.7 Å². The van der Waals surface area contributed by atoms with Crippen LogP contribution < -0.4 is 14.8 Å². The summed E-state index contributed by atoms with van der Waals surface area (Å²) in [6.45, 7) is 2.05. The van der Waals surface area contributed by atoms with E-state index in [1.807, 2.05) is 0 Å². The van der Waals surface area contributed by atoms with E-state index in [9.17, 15) is 4.79 Å². The summed E-state index contributed by atoms with van der Waals surface area (Å²) in [4.78, 5) is 12.9. The number of nitrogens with one attached hydrogen (secondary N) is 1. The molecule has 2 aromatic carbocycles. The zero-order chi connectivity index (χ0) is 20.4. The van der Waals surface area contributed by atoms with E-state index < -0.39 is 0 Å². The largest absolute Gasteiger partial charge is 0.497 e. The van der Waals surface area contributed by atoms with Crippen LogP contribution in [0.3, 0.4) is 0 Å². The van der Waals surface area contributed by atoms with E-state index in [1.165, 1.54) is 5.56 Å². The van der Waals surface area contributed by atoms with Gasteiger partial charge >= 0.3 is 0 Å². The van der Waals surface area contributed by atoms with Crippen molar-refractivity contribution in [3.8, 4) is 22.8 Å². The molecule has 0 radical (unpaired) electrons. The van der Waals surface area contributed by atoms with E-state index >= 15 is 0 Å². The molecule has 1 unspecified atom stereocenters. The Kier molecular flexibility index (Phi) is 5.25. The van der Waals surface area contributed by atoms with Gasteiger partial charge in [0.2, 0.25) is 0 Å². The molecule has 4 rings (SSSR count). The molecule has 0 saturated heterocycles. The molecule has 3 aromatic rings. The van der Waals surface area contributed by atoms with Gasteiger partial charge in [-0.1, -0.05) is 35.0 Å². The minimum absolute atomic E-state index is 0.0189. The molecule has 1 aromatic heterocycles.